The highest BCUT2D eigenvalue weighted by Gasteiger charge is 2.39. The highest BCUT2D eigenvalue weighted by atomic mass is 19.4. The average molecular weight is 547 g/mol. The number of nitrogens with one attached hydrogen (secondary N) is 1. The number of anilines is 1. The third-order valence-electron chi connectivity index (χ3n) is 7.95. The molecule has 2 unspecified atom stereocenters. The van der Waals surface area contributed by atoms with Crippen LogP contribution in [0.1, 0.15) is 53.6 Å². The highest BCUT2D eigenvalue weighted by Crippen LogP contribution is 2.29. The summed E-state index contributed by atoms with van der Waals surface area (Å²) in [6.45, 7) is 4.30. The van der Waals surface area contributed by atoms with E-state index in [0.29, 0.717) is 45.4 Å². The molecule has 210 valence electrons. The van der Waals surface area contributed by atoms with Crippen LogP contribution in [-0.2, 0) is 23.9 Å². The fourth-order valence-corrected chi connectivity index (χ4v) is 5.80. The summed E-state index contributed by atoms with van der Waals surface area (Å²) < 4.78 is 40.9. The lowest BCUT2D eigenvalue weighted by Gasteiger charge is -2.43. The molecule has 2 N–H and O–H groups in total. The summed E-state index contributed by atoms with van der Waals surface area (Å²) in [7, 11) is 0. The summed E-state index contributed by atoms with van der Waals surface area (Å²) in [5.41, 5.74) is 2.16. The van der Waals surface area contributed by atoms with E-state index in [2.05, 4.69) is 32.3 Å². The number of nitrogens with zero attached hydrogens (tertiary/aromatic N) is 5. The maximum Gasteiger partial charge on any atom is 0.451 e. The van der Waals surface area contributed by atoms with Crippen molar-refractivity contribution in [1.82, 2.24) is 24.7 Å². The third-order valence-corrected chi connectivity index (χ3v) is 7.95. The van der Waals surface area contributed by atoms with E-state index in [4.69, 9.17) is 0 Å². The van der Waals surface area contributed by atoms with Gasteiger partial charge in [-0.1, -0.05) is 24.3 Å². The number of carbonyl (C=O) groups is 2. The van der Waals surface area contributed by atoms with Crippen molar-refractivity contribution >= 4 is 17.6 Å². The largest absolute Gasteiger partial charge is 0.451 e. The van der Waals surface area contributed by atoms with Crippen LogP contribution in [0.15, 0.2) is 30.3 Å². The number of aliphatic hydroxyl groups is 1. The van der Waals surface area contributed by atoms with Gasteiger partial charge in [-0.3, -0.25) is 14.5 Å². The minimum Gasteiger partial charge on any atom is -0.390 e. The number of likely N-dealkylation sites (tertiary alicyclic amines) is 2. The molecule has 3 aliphatic heterocycles. The molecule has 1 aromatic heterocycles. The number of carbonyl (C=O) groups excluding carboxylic acids is 2. The van der Waals surface area contributed by atoms with Gasteiger partial charge in [-0.25, -0.2) is 9.97 Å². The second kappa shape index (κ2) is 11.1. The molecule has 9 nitrogen and oxygen atoms in total. The summed E-state index contributed by atoms with van der Waals surface area (Å²) in [5, 5.41) is 14.0. The highest BCUT2D eigenvalue weighted by molar-refractivity contribution is 5.93. The molecule has 39 heavy (non-hydrogen) atoms. The summed E-state index contributed by atoms with van der Waals surface area (Å²) in [6, 6.07) is 9.12. The molecule has 5 rings (SSSR count). The summed E-state index contributed by atoms with van der Waals surface area (Å²) >= 11 is 0. The monoisotopic (exact) mass is 546 g/mol. The van der Waals surface area contributed by atoms with Crippen molar-refractivity contribution in [2.75, 3.05) is 38.0 Å². The summed E-state index contributed by atoms with van der Waals surface area (Å²) in [4.78, 5) is 37.3. The Morgan fingerprint density at radius 3 is 2.36 bits per heavy atom. The topological polar surface area (TPSA) is 102 Å². The molecule has 2 amide bonds. The Hall–Kier alpha value is -3.25. The fourth-order valence-electron chi connectivity index (χ4n) is 5.80. The van der Waals surface area contributed by atoms with Crippen molar-refractivity contribution in [2.24, 2.45) is 0 Å². The second-order valence-electron chi connectivity index (χ2n) is 10.5. The van der Waals surface area contributed by atoms with Gasteiger partial charge < -0.3 is 20.2 Å². The number of hydrogen-bond donors (Lipinski definition) is 2. The van der Waals surface area contributed by atoms with Crippen LogP contribution in [0.25, 0.3) is 0 Å². The van der Waals surface area contributed by atoms with Crippen molar-refractivity contribution in [2.45, 2.75) is 63.5 Å². The van der Waals surface area contributed by atoms with Gasteiger partial charge in [0.15, 0.2) is 0 Å². The SMILES string of the molecule is CC(=O)N1CCC(Nc2cc(C(=O)N3CCC(N4CCc5ccccc5C4)C(O)C3)nc(C(F)(F)F)n2)CC1. The Morgan fingerprint density at radius 1 is 1.00 bits per heavy atom. The third kappa shape index (κ3) is 6.17. The van der Waals surface area contributed by atoms with E-state index in [1.165, 1.54) is 29.0 Å². The van der Waals surface area contributed by atoms with Gasteiger partial charge in [-0.15, -0.1) is 0 Å². The van der Waals surface area contributed by atoms with Crippen LogP contribution in [0.3, 0.4) is 0 Å². The van der Waals surface area contributed by atoms with Gasteiger partial charge in [0, 0.05) is 64.3 Å². The van der Waals surface area contributed by atoms with E-state index in [1.807, 2.05) is 12.1 Å². The molecule has 1 aromatic carbocycles. The predicted molar refractivity (Wildman–Crippen MR) is 137 cm³/mol. The zero-order valence-corrected chi connectivity index (χ0v) is 21.8. The van der Waals surface area contributed by atoms with Crippen LogP contribution in [0.4, 0.5) is 19.0 Å². The molecule has 2 aromatic rings. The van der Waals surface area contributed by atoms with Crippen molar-refractivity contribution < 1.29 is 27.9 Å². The quantitative estimate of drug-likeness (QED) is 0.608. The molecule has 4 heterocycles. The van der Waals surface area contributed by atoms with Gasteiger partial charge >= 0.3 is 6.18 Å². The van der Waals surface area contributed by atoms with Gasteiger partial charge in [-0.05, 0) is 36.8 Å². The van der Waals surface area contributed by atoms with Crippen molar-refractivity contribution in [3.05, 3.63) is 53.0 Å². The normalized spacial score (nSPS) is 22.9. The number of rotatable bonds is 4. The number of halogens is 3. The van der Waals surface area contributed by atoms with E-state index in [1.54, 1.807) is 4.90 Å². The molecule has 0 bridgehead atoms. The average Bonchev–Trinajstić information content (AvgIpc) is 2.92. The van der Waals surface area contributed by atoms with Crippen LogP contribution in [0.5, 0.6) is 0 Å². The molecule has 0 radical (unpaired) electrons. The van der Waals surface area contributed by atoms with Gasteiger partial charge in [-0.2, -0.15) is 13.2 Å². The van der Waals surface area contributed by atoms with Gasteiger partial charge in [0.05, 0.1) is 6.10 Å². The Bertz CT molecular complexity index is 1220. The number of hydrogen-bond acceptors (Lipinski definition) is 7. The predicted octanol–water partition coefficient (Wildman–Crippen LogP) is 2.55. The minimum absolute atomic E-state index is 0.0132. The van der Waals surface area contributed by atoms with E-state index >= 15 is 0 Å². The Kier molecular flexibility index (Phi) is 7.77. The molecule has 2 saturated heterocycles. The van der Waals surface area contributed by atoms with Crippen LogP contribution in [0, 0.1) is 0 Å². The number of β-amino-alcohol motifs (C(OH)–C–C–N with tert-alkyl or cyclic N) is 1. The first-order valence-corrected chi connectivity index (χ1v) is 13.3. The van der Waals surface area contributed by atoms with Crippen LogP contribution >= 0.6 is 0 Å². The second-order valence-corrected chi connectivity index (χ2v) is 10.5. The van der Waals surface area contributed by atoms with Crippen LogP contribution in [0.2, 0.25) is 0 Å². The van der Waals surface area contributed by atoms with Gasteiger partial charge in [0.25, 0.3) is 5.91 Å². The molecule has 12 heteroatoms. The van der Waals surface area contributed by atoms with Gasteiger partial charge in [0.1, 0.15) is 11.5 Å². The van der Waals surface area contributed by atoms with Crippen molar-refractivity contribution in [1.29, 1.82) is 0 Å². The standard InChI is InChI=1S/C27H33F3N6O3/c1-17(37)34-11-7-20(8-12-34)31-24-14-21(32-26(33-24)27(28,29)30)25(39)36-13-9-22(23(38)16-36)35-10-6-18-4-2-3-5-19(18)15-35/h2-5,14,20,22-23,38H,6-13,15-16H2,1H3,(H,31,32,33). The molecular weight excluding hydrogens is 513 g/mol. The lowest BCUT2D eigenvalue weighted by Crippen LogP contribution is -2.56. The molecule has 2 atom stereocenters. The number of aromatic nitrogens is 2. The van der Waals surface area contributed by atoms with E-state index < -0.39 is 24.0 Å². The molecule has 3 aliphatic rings. The zero-order chi connectivity index (χ0) is 27.7. The maximum absolute atomic E-state index is 13.6. The molecular formula is C27H33F3N6O3. The summed E-state index contributed by atoms with van der Waals surface area (Å²) in [5.74, 6) is -2.18. The summed E-state index contributed by atoms with van der Waals surface area (Å²) in [6.07, 6.45) is -3.18. The lowest BCUT2D eigenvalue weighted by molar-refractivity contribution is -0.145. The first-order valence-electron chi connectivity index (χ1n) is 13.3. The Balaban J connectivity index is 1.27. The van der Waals surface area contributed by atoms with Crippen molar-refractivity contribution in [3.8, 4) is 0 Å². The molecule has 0 spiro atoms. The Labute approximate surface area is 225 Å². The molecule has 2 fully saturated rings. The van der Waals surface area contributed by atoms with E-state index in [9.17, 15) is 27.9 Å². The van der Waals surface area contributed by atoms with Crippen molar-refractivity contribution in [3.63, 3.8) is 0 Å². The Morgan fingerprint density at radius 2 is 1.69 bits per heavy atom. The number of piperidine rings is 2. The number of amides is 2. The zero-order valence-electron chi connectivity index (χ0n) is 21.8. The first kappa shape index (κ1) is 27.3. The number of benzene rings is 1. The number of fused-ring (bicyclic) bond motifs is 1. The van der Waals surface area contributed by atoms with Crippen LogP contribution < -0.4 is 5.32 Å². The fraction of sp³-hybridized carbons (Fsp3) is 0.556. The van der Waals surface area contributed by atoms with E-state index in [0.717, 1.165) is 13.0 Å². The van der Waals surface area contributed by atoms with Gasteiger partial charge in [0.2, 0.25) is 11.7 Å². The minimum atomic E-state index is -4.83. The smallest absolute Gasteiger partial charge is 0.390 e. The lowest BCUT2D eigenvalue weighted by atomic mass is 9.94. The van der Waals surface area contributed by atoms with Crippen LogP contribution in [-0.4, -0.2) is 92.5 Å². The number of alkyl halides is 3. The van der Waals surface area contributed by atoms with E-state index in [-0.39, 0.29) is 36.0 Å². The first-order chi connectivity index (χ1) is 18.6. The maximum atomic E-state index is 13.6. The number of aliphatic hydroxyl groups excluding tert-OH is 1. The molecule has 0 aliphatic carbocycles. The molecule has 0 saturated carbocycles.